The molecule has 0 aliphatic carbocycles. The van der Waals surface area contributed by atoms with Gasteiger partial charge in [-0.3, -0.25) is 9.59 Å². The summed E-state index contributed by atoms with van der Waals surface area (Å²) in [5.41, 5.74) is 1.95. The van der Waals surface area contributed by atoms with E-state index in [1.165, 1.54) is 0 Å². The largest absolute Gasteiger partial charge is 0.493 e. The first-order chi connectivity index (χ1) is 17.4. The van der Waals surface area contributed by atoms with E-state index in [0.717, 1.165) is 17.5 Å². The van der Waals surface area contributed by atoms with Crippen LogP contribution in [-0.2, 0) is 29.0 Å². The predicted octanol–water partition coefficient (Wildman–Crippen LogP) is 4.74. The van der Waals surface area contributed by atoms with E-state index in [-0.39, 0.29) is 30.8 Å². The molecular weight excluding hydrogens is 456 g/mol. The first-order valence-electron chi connectivity index (χ1n) is 12.3. The zero-order valence-electron chi connectivity index (χ0n) is 21.6. The lowest BCUT2D eigenvalue weighted by molar-refractivity contribution is -0.142. The molecule has 0 aliphatic rings. The number of carbonyl (C=O) groups is 2. The molecule has 0 N–H and O–H groups in total. The second-order valence-corrected chi connectivity index (χ2v) is 8.78. The Labute approximate surface area is 213 Å². The summed E-state index contributed by atoms with van der Waals surface area (Å²) < 4.78 is 16.3. The quantitative estimate of drug-likeness (QED) is 0.345. The van der Waals surface area contributed by atoms with Crippen LogP contribution in [0.3, 0.4) is 0 Å². The van der Waals surface area contributed by atoms with Crippen molar-refractivity contribution in [2.75, 3.05) is 27.3 Å². The topological polar surface area (TPSA) is 72.2 Å². The van der Waals surface area contributed by atoms with Gasteiger partial charge in [0.25, 0.3) is 0 Å². The molecule has 0 spiro atoms. The number of carbonyl (C=O) groups excluding carboxylic acids is 2. The molecule has 2 amide bonds. The Hall–Kier alpha value is -3.74. The van der Waals surface area contributed by atoms with E-state index >= 15 is 0 Å². The van der Waals surface area contributed by atoms with Crippen LogP contribution in [0.1, 0.15) is 37.2 Å². The van der Waals surface area contributed by atoms with Gasteiger partial charge in [0.2, 0.25) is 11.8 Å². The highest BCUT2D eigenvalue weighted by molar-refractivity contribution is 5.86. The van der Waals surface area contributed by atoms with E-state index in [9.17, 15) is 9.59 Å². The highest BCUT2D eigenvalue weighted by atomic mass is 16.5. The average Bonchev–Trinajstić information content (AvgIpc) is 3.42. The Morgan fingerprint density at radius 1 is 0.917 bits per heavy atom. The highest BCUT2D eigenvalue weighted by Gasteiger charge is 2.25. The molecule has 36 heavy (non-hydrogen) atoms. The van der Waals surface area contributed by atoms with Crippen LogP contribution < -0.4 is 9.47 Å². The summed E-state index contributed by atoms with van der Waals surface area (Å²) in [7, 11) is 3.20. The molecule has 1 atom stereocenters. The zero-order chi connectivity index (χ0) is 25.9. The molecule has 3 rings (SSSR count). The maximum atomic E-state index is 13.5. The summed E-state index contributed by atoms with van der Waals surface area (Å²) in [4.78, 5) is 30.2. The minimum Gasteiger partial charge on any atom is -0.493 e. The molecule has 2 aromatic carbocycles. The third kappa shape index (κ3) is 7.38. The van der Waals surface area contributed by atoms with Crippen molar-refractivity contribution in [3.63, 3.8) is 0 Å². The third-order valence-electron chi connectivity index (χ3n) is 6.34. The molecule has 0 radical (unpaired) electrons. The van der Waals surface area contributed by atoms with Crippen LogP contribution in [0.5, 0.6) is 11.5 Å². The van der Waals surface area contributed by atoms with Crippen molar-refractivity contribution < 1.29 is 23.5 Å². The molecule has 1 aromatic heterocycles. The van der Waals surface area contributed by atoms with Gasteiger partial charge >= 0.3 is 0 Å². The van der Waals surface area contributed by atoms with Gasteiger partial charge in [0.15, 0.2) is 11.5 Å². The number of hydrogen-bond donors (Lipinski definition) is 0. The second-order valence-electron chi connectivity index (χ2n) is 8.78. The Morgan fingerprint density at radius 2 is 1.67 bits per heavy atom. The fourth-order valence-corrected chi connectivity index (χ4v) is 4.01. The number of nitrogens with zero attached hydrogens (tertiary/aromatic N) is 2. The minimum atomic E-state index is -0.117. The van der Waals surface area contributed by atoms with E-state index in [0.29, 0.717) is 36.8 Å². The van der Waals surface area contributed by atoms with E-state index in [2.05, 4.69) is 0 Å². The molecule has 3 aromatic rings. The van der Waals surface area contributed by atoms with Gasteiger partial charge in [-0.25, -0.2) is 0 Å². The van der Waals surface area contributed by atoms with Crippen molar-refractivity contribution >= 4 is 11.8 Å². The number of furan rings is 1. The fourth-order valence-electron chi connectivity index (χ4n) is 4.01. The third-order valence-corrected chi connectivity index (χ3v) is 6.34. The van der Waals surface area contributed by atoms with Crippen molar-refractivity contribution in [1.29, 1.82) is 0 Å². The summed E-state index contributed by atoms with van der Waals surface area (Å²) in [5.74, 6) is 1.83. The molecule has 192 valence electrons. The van der Waals surface area contributed by atoms with Gasteiger partial charge in [-0.05, 0) is 55.2 Å². The zero-order valence-corrected chi connectivity index (χ0v) is 21.6. The van der Waals surface area contributed by atoms with Crippen LogP contribution in [0.25, 0.3) is 0 Å². The summed E-state index contributed by atoms with van der Waals surface area (Å²) in [6.45, 7) is 4.83. The van der Waals surface area contributed by atoms with E-state index in [1.807, 2.05) is 68.4 Å². The van der Waals surface area contributed by atoms with Gasteiger partial charge in [0.05, 0.1) is 33.4 Å². The van der Waals surface area contributed by atoms with Gasteiger partial charge in [-0.1, -0.05) is 43.3 Å². The molecule has 7 nitrogen and oxygen atoms in total. The standard InChI is InChI=1S/C29H36N2O5/c1-5-22(2)31(28(32)19-23-10-7-6-8-11-23)21-29(33)30(20-25-12-9-17-36-25)16-15-24-13-14-26(34-3)27(18-24)35-4/h6-14,17-18,22H,5,15-16,19-21H2,1-4H3. The van der Waals surface area contributed by atoms with Crippen molar-refractivity contribution in [3.8, 4) is 11.5 Å². The van der Waals surface area contributed by atoms with Gasteiger partial charge in [-0.15, -0.1) is 0 Å². The summed E-state index contributed by atoms with van der Waals surface area (Å²) >= 11 is 0. The number of amides is 2. The monoisotopic (exact) mass is 492 g/mol. The summed E-state index contributed by atoms with van der Waals surface area (Å²) in [6, 6.07) is 19.0. The first kappa shape index (κ1) is 26.9. The normalized spacial score (nSPS) is 11.6. The number of methoxy groups -OCH3 is 2. The van der Waals surface area contributed by atoms with Crippen LogP contribution in [-0.4, -0.2) is 55.0 Å². The van der Waals surface area contributed by atoms with Gasteiger partial charge in [0, 0.05) is 12.6 Å². The first-order valence-corrected chi connectivity index (χ1v) is 12.3. The van der Waals surface area contributed by atoms with Crippen LogP contribution in [0, 0.1) is 0 Å². The maximum Gasteiger partial charge on any atom is 0.242 e. The lowest BCUT2D eigenvalue weighted by Crippen LogP contribution is -2.47. The Bertz CT molecular complexity index is 1100. The molecule has 0 aliphatic heterocycles. The van der Waals surface area contributed by atoms with Crippen LogP contribution in [0.2, 0.25) is 0 Å². The predicted molar refractivity (Wildman–Crippen MR) is 139 cm³/mol. The fraction of sp³-hybridized carbons (Fsp3) is 0.379. The lowest BCUT2D eigenvalue weighted by atomic mass is 10.1. The number of benzene rings is 2. The average molecular weight is 493 g/mol. The van der Waals surface area contributed by atoms with E-state index < -0.39 is 0 Å². The maximum absolute atomic E-state index is 13.5. The van der Waals surface area contributed by atoms with Crippen molar-refractivity contribution in [2.24, 2.45) is 0 Å². The number of ether oxygens (including phenoxy) is 2. The van der Waals surface area contributed by atoms with E-state index in [4.69, 9.17) is 13.9 Å². The van der Waals surface area contributed by atoms with Crippen LogP contribution >= 0.6 is 0 Å². The Morgan fingerprint density at radius 3 is 2.31 bits per heavy atom. The molecular formula is C29H36N2O5. The second kappa shape index (κ2) is 13.4. The molecule has 1 unspecified atom stereocenters. The summed E-state index contributed by atoms with van der Waals surface area (Å²) in [5, 5.41) is 0. The molecule has 0 bridgehead atoms. The Balaban J connectivity index is 1.75. The van der Waals surface area contributed by atoms with Crippen molar-refractivity contribution in [1.82, 2.24) is 9.80 Å². The van der Waals surface area contributed by atoms with Crippen LogP contribution in [0.4, 0.5) is 0 Å². The molecule has 0 saturated heterocycles. The SMILES string of the molecule is CCC(C)N(CC(=O)N(CCc1ccc(OC)c(OC)c1)Cc1ccco1)C(=O)Cc1ccccc1. The minimum absolute atomic E-state index is 0.0211. The van der Waals surface area contributed by atoms with Crippen LogP contribution in [0.15, 0.2) is 71.3 Å². The number of rotatable bonds is 13. The lowest BCUT2D eigenvalue weighted by Gasteiger charge is -2.31. The van der Waals surface area contributed by atoms with Crippen molar-refractivity contribution in [2.45, 2.75) is 45.7 Å². The van der Waals surface area contributed by atoms with Gasteiger partial charge in [-0.2, -0.15) is 0 Å². The van der Waals surface area contributed by atoms with E-state index in [1.54, 1.807) is 36.3 Å². The Kier molecular flexibility index (Phi) is 9.98. The van der Waals surface area contributed by atoms with Gasteiger partial charge < -0.3 is 23.7 Å². The van der Waals surface area contributed by atoms with Gasteiger partial charge in [0.1, 0.15) is 12.3 Å². The molecule has 0 fully saturated rings. The van der Waals surface area contributed by atoms with Crippen molar-refractivity contribution in [3.05, 3.63) is 83.8 Å². The highest BCUT2D eigenvalue weighted by Crippen LogP contribution is 2.28. The number of hydrogen-bond acceptors (Lipinski definition) is 5. The smallest absolute Gasteiger partial charge is 0.242 e. The summed E-state index contributed by atoms with van der Waals surface area (Å²) in [6.07, 6.45) is 3.25. The molecule has 7 heteroatoms. The molecule has 1 heterocycles. The molecule has 0 saturated carbocycles.